The zero-order valence-electron chi connectivity index (χ0n) is 32.3. The quantitative estimate of drug-likeness (QED) is 0.138. The molecule has 7 atom stereocenters. The second kappa shape index (κ2) is 20.5. The topological polar surface area (TPSA) is 260 Å². The number of hydrogen-bond acceptors (Lipinski definition) is 8. The molecule has 1 aromatic heterocycles. The molecule has 2 heterocycles. The molecule has 54 heavy (non-hydrogen) atoms. The molecule has 1 aromatic carbocycles. The third-order valence-electron chi connectivity index (χ3n) is 9.57. The van der Waals surface area contributed by atoms with Gasteiger partial charge < -0.3 is 48.4 Å². The van der Waals surface area contributed by atoms with Crippen LogP contribution in [0.2, 0.25) is 0 Å². The highest BCUT2D eigenvalue weighted by Crippen LogP contribution is 2.20. The van der Waals surface area contributed by atoms with Gasteiger partial charge in [-0.3, -0.25) is 33.6 Å². The molecular formula is C38H59N9O7. The minimum absolute atomic E-state index is 0.0187. The summed E-state index contributed by atoms with van der Waals surface area (Å²) in [5, 5.41) is 17.2. The standard InChI is InChI=1S/C38H59N9O7/c1-7-22(6)32-38(54)46-30(18-31(40)48)36(52)42-26(13-10-14-39)33(49)45-29(17-23-19-41-25-12-9-8-11-24(23)25)35(51)43-27(15-20(2)3)34(50)44-28(16-21(4)5)37(53)47-32/h8-9,11-12,19-22,26-30,32,41H,7,10,13-18,39H2,1-6H3,(H2,40,48)(H,42,52)(H,43,51)(H,44,50)(H,45,49)(H,46,54)(H,47,53)/t22-,26+,27-,28+,29-,30-,32-/m0/s1. The normalized spacial score (nSPS) is 24.5. The van der Waals surface area contributed by atoms with Gasteiger partial charge in [0.25, 0.3) is 0 Å². The van der Waals surface area contributed by atoms with E-state index in [4.69, 9.17) is 11.5 Å². The number of hydrogen-bond donors (Lipinski definition) is 9. The fraction of sp³-hybridized carbons (Fsp3) is 0.605. The van der Waals surface area contributed by atoms with Gasteiger partial charge in [0.15, 0.2) is 0 Å². The Morgan fingerprint density at radius 1 is 0.685 bits per heavy atom. The number of fused-ring (bicyclic) bond motifs is 1. The second-order valence-corrected chi connectivity index (χ2v) is 15.1. The number of nitrogens with two attached hydrogens (primary N) is 2. The monoisotopic (exact) mass is 753 g/mol. The number of carbonyl (C=O) groups excluding carboxylic acids is 7. The first-order valence-corrected chi connectivity index (χ1v) is 18.9. The van der Waals surface area contributed by atoms with Crippen LogP contribution in [-0.4, -0.2) is 89.1 Å². The van der Waals surface area contributed by atoms with Crippen LogP contribution in [0.15, 0.2) is 30.5 Å². The highest BCUT2D eigenvalue weighted by Gasteiger charge is 2.37. The van der Waals surface area contributed by atoms with Crippen LogP contribution in [0.1, 0.15) is 85.6 Å². The summed E-state index contributed by atoms with van der Waals surface area (Å²) < 4.78 is 0. The molecule has 1 saturated heterocycles. The van der Waals surface area contributed by atoms with Gasteiger partial charge in [-0.05, 0) is 61.6 Å². The molecule has 0 spiro atoms. The third kappa shape index (κ3) is 12.6. The molecule has 1 fully saturated rings. The number of H-pyrrole nitrogens is 1. The van der Waals surface area contributed by atoms with Gasteiger partial charge >= 0.3 is 0 Å². The fourth-order valence-corrected chi connectivity index (χ4v) is 6.44. The van der Waals surface area contributed by atoms with E-state index < -0.39 is 89.9 Å². The largest absolute Gasteiger partial charge is 0.370 e. The fourth-order valence-electron chi connectivity index (χ4n) is 6.44. The minimum atomic E-state index is -1.50. The van der Waals surface area contributed by atoms with Gasteiger partial charge in [0.1, 0.15) is 36.3 Å². The van der Waals surface area contributed by atoms with Crippen LogP contribution in [0.5, 0.6) is 0 Å². The van der Waals surface area contributed by atoms with Crippen molar-refractivity contribution >= 4 is 52.3 Å². The maximum Gasteiger partial charge on any atom is 0.243 e. The van der Waals surface area contributed by atoms with Gasteiger partial charge in [0.05, 0.1) is 6.42 Å². The number of carbonyl (C=O) groups is 7. The number of aromatic amines is 1. The van der Waals surface area contributed by atoms with Gasteiger partial charge in [-0.2, -0.15) is 0 Å². The van der Waals surface area contributed by atoms with Crippen molar-refractivity contribution in [2.24, 2.45) is 29.2 Å². The Balaban J connectivity index is 2.15. The molecule has 0 radical (unpaired) electrons. The molecule has 11 N–H and O–H groups in total. The van der Waals surface area contributed by atoms with E-state index in [2.05, 4.69) is 36.9 Å². The molecule has 0 aliphatic carbocycles. The van der Waals surface area contributed by atoms with Crippen molar-refractivity contribution in [3.8, 4) is 0 Å². The van der Waals surface area contributed by atoms with Gasteiger partial charge in [-0.15, -0.1) is 0 Å². The first kappa shape index (κ1) is 43.4. The number of primary amides is 1. The molecule has 0 bridgehead atoms. The SMILES string of the molecule is CC[C@H](C)[C@@H]1NC(=O)[C@@H](CC(C)C)NC(=O)[C@H](CC(C)C)NC(=O)[C@H](Cc2c[nH]c3ccccc23)NC(=O)[C@@H](CCCN)NC(=O)[C@H](CC(N)=O)NC1=O. The summed E-state index contributed by atoms with van der Waals surface area (Å²) in [6.07, 6.45) is 2.41. The van der Waals surface area contributed by atoms with Crippen LogP contribution in [-0.2, 0) is 40.0 Å². The highest BCUT2D eigenvalue weighted by atomic mass is 16.2. The van der Waals surface area contributed by atoms with Crippen LogP contribution in [0, 0.1) is 17.8 Å². The molecule has 298 valence electrons. The van der Waals surface area contributed by atoms with E-state index in [0.717, 1.165) is 16.5 Å². The van der Waals surface area contributed by atoms with Crippen molar-refractivity contribution < 1.29 is 33.6 Å². The molecule has 7 amide bonds. The zero-order valence-corrected chi connectivity index (χ0v) is 32.3. The molecule has 16 heteroatoms. The second-order valence-electron chi connectivity index (χ2n) is 15.1. The maximum absolute atomic E-state index is 14.2. The minimum Gasteiger partial charge on any atom is -0.370 e. The van der Waals surface area contributed by atoms with E-state index in [1.165, 1.54) is 0 Å². The van der Waals surface area contributed by atoms with E-state index in [-0.39, 0.29) is 44.1 Å². The lowest BCUT2D eigenvalue weighted by Gasteiger charge is -2.31. The summed E-state index contributed by atoms with van der Waals surface area (Å²) in [7, 11) is 0. The Kier molecular flexibility index (Phi) is 16.5. The predicted molar refractivity (Wildman–Crippen MR) is 204 cm³/mol. The van der Waals surface area contributed by atoms with Crippen LogP contribution >= 0.6 is 0 Å². The third-order valence-corrected chi connectivity index (χ3v) is 9.57. The lowest BCUT2D eigenvalue weighted by atomic mass is 9.95. The van der Waals surface area contributed by atoms with Gasteiger partial charge in [-0.1, -0.05) is 66.2 Å². The molecule has 2 aromatic rings. The van der Waals surface area contributed by atoms with Gasteiger partial charge in [-0.25, -0.2) is 0 Å². The highest BCUT2D eigenvalue weighted by molar-refractivity contribution is 5.99. The number of rotatable bonds is 13. The van der Waals surface area contributed by atoms with Gasteiger partial charge in [0, 0.05) is 23.5 Å². The van der Waals surface area contributed by atoms with Crippen molar-refractivity contribution in [3.05, 3.63) is 36.0 Å². The van der Waals surface area contributed by atoms with Gasteiger partial charge in [0.2, 0.25) is 41.4 Å². The van der Waals surface area contributed by atoms with Crippen LogP contribution in [0.25, 0.3) is 10.9 Å². The molecule has 1 aliphatic heterocycles. The summed E-state index contributed by atoms with van der Waals surface area (Å²) >= 11 is 0. The number of aromatic nitrogens is 1. The van der Waals surface area contributed by atoms with E-state index >= 15 is 0 Å². The van der Waals surface area contributed by atoms with Crippen molar-refractivity contribution in [2.45, 2.75) is 123 Å². The van der Waals surface area contributed by atoms with E-state index in [1.807, 2.05) is 58.9 Å². The Hall–Kier alpha value is -4.99. The lowest BCUT2D eigenvalue weighted by molar-refractivity contribution is -0.138. The molecular weight excluding hydrogens is 694 g/mol. The summed E-state index contributed by atoms with van der Waals surface area (Å²) in [5.74, 6) is -5.65. The number of nitrogens with one attached hydrogen (secondary N) is 7. The number of para-hydroxylation sites is 1. The Labute approximate surface area is 316 Å². The van der Waals surface area contributed by atoms with E-state index in [1.54, 1.807) is 13.1 Å². The zero-order chi connectivity index (χ0) is 40.1. The molecule has 16 nitrogen and oxygen atoms in total. The Morgan fingerprint density at radius 3 is 1.76 bits per heavy atom. The van der Waals surface area contributed by atoms with E-state index in [0.29, 0.717) is 12.8 Å². The average molecular weight is 754 g/mol. The maximum atomic E-state index is 14.2. The first-order chi connectivity index (χ1) is 25.5. The summed E-state index contributed by atoms with van der Waals surface area (Å²) in [5.41, 5.74) is 12.8. The van der Waals surface area contributed by atoms with Crippen molar-refractivity contribution in [1.29, 1.82) is 0 Å². The summed E-state index contributed by atoms with van der Waals surface area (Å²) in [6.45, 7) is 11.3. The number of benzene rings is 1. The van der Waals surface area contributed by atoms with Crippen LogP contribution in [0.4, 0.5) is 0 Å². The van der Waals surface area contributed by atoms with Crippen LogP contribution in [0.3, 0.4) is 0 Å². The molecule has 0 unspecified atom stereocenters. The Morgan fingerprint density at radius 2 is 1.19 bits per heavy atom. The predicted octanol–water partition coefficient (Wildman–Crippen LogP) is 0.385. The van der Waals surface area contributed by atoms with E-state index in [9.17, 15) is 33.6 Å². The lowest BCUT2D eigenvalue weighted by Crippen LogP contribution is -2.62. The summed E-state index contributed by atoms with van der Waals surface area (Å²) in [6, 6.07) is 0.166. The molecule has 3 rings (SSSR count). The average Bonchev–Trinajstić information content (AvgIpc) is 3.51. The molecule has 1 aliphatic rings. The molecule has 0 saturated carbocycles. The van der Waals surface area contributed by atoms with Crippen molar-refractivity contribution in [2.75, 3.05) is 6.54 Å². The smallest absolute Gasteiger partial charge is 0.243 e. The Bertz CT molecular complexity index is 1640. The van der Waals surface area contributed by atoms with Crippen molar-refractivity contribution in [3.63, 3.8) is 0 Å². The van der Waals surface area contributed by atoms with Crippen molar-refractivity contribution in [1.82, 2.24) is 36.9 Å². The summed E-state index contributed by atoms with van der Waals surface area (Å²) in [4.78, 5) is 99.0. The first-order valence-electron chi connectivity index (χ1n) is 18.9. The number of amides is 7. The van der Waals surface area contributed by atoms with Crippen LogP contribution < -0.4 is 43.4 Å².